The minimum absolute atomic E-state index is 0.250. The average molecular weight is 1400 g/mol. The molecule has 568 valence electrons. The first kappa shape index (κ1) is 100. The van der Waals surface area contributed by atoms with Gasteiger partial charge in [0, 0.05) is 64.7 Å². The lowest BCUT2D eigenvalue weighted by Gasteiger charge is -2.18. The molecule has 0 N–H and O–H groups in total. The van der Waals surface area contributed by atoms with Crippen LogP contribution < -0.4 is 0 Å². The molecule has 0 aliphatic carbocycles. The molecular weight excluding hydrogens is 1250 g/mol. The van der Waals surface area contributed by atoms with Crippen LogP contribution in [0.15, 0.2) is 210 Å². The zero-order valence-corrected chi connectivity index (χ0v) is 65.3. The van der Waals surface area contributed by atoms with Crippen LogP contribution in [0.3, 0.4) is 0 Å². The van der Waals surface area contributed by atoms with E-state index in [0.717, 1.165) is 127 Å². The van der Waals surface area contributed by atoms with Crippen LogP contribution in [-0.2, 0) is 38.1 Å². The van der Waals surface area contributed by atoms with Gasteiger partial charge in [-0.1, -0.05) is 297 Å². The highest BCUT2D eigenvalue weighted by molar-refractivity contribution is 5.88. The van der Waals surface area contributed by atoms with Crippen molar-refractivity contribution in [1.29, 1.82) is 0 Å². The van der Waals surface area contributed by atoms with E-state index in [0.29, 0.717) is 31.8 Å². The zero-order valence-electron chi connectivity index (χ0n) is 65.3. The third kappa shape index (κ3) is 78.6. The van der Waals surface area contributed by atoms with Crippen molar-refractivity contribution < 1.29 is 38.1 Å². The van der Waals surface area contributed by atoms with Crippen molar-refractivity contribution in [3.63, 3.8) is 0 Å². The molecule has 0 aliphatic heterocycles. The largest absolute Gasteiger partial charge is 0.463 e. The molecule has 0 saturated heterocycles. The third-order valence-corrected chi connectivity index (χ3v) is 15.3. The maximum Gasteiger partial charge on any atom is 0.330 e. The quantitative estimate of drug-likeness (QED) is 0.0178. The molecule has 10 heteroatoms. The summed E-state index contributed by atoms with van der Waals surface area (Å²) in [5, 5.41) is 0. The molecule has 101 heavy (non-hydrogen) atoms. The van der Waals surface area contributed by atoms with Gasteiger partial charge in [-0.3, -0.25) is 9.80 Å². The van der Waals surface area contributed by atoms with Gasteiger partial charge in [-0.15, -0.1) is 52.6 Å². The smallest absolute Gasteiger partial charge is 0.330 e. The second kappa shape index (κ2) is 85.5. The standard InChI is InChI=1S/C18H26O2.C15H28O.C14H18O2.C13H16O2.C11H21NO.C11H21N.C9H16/c1-2-3-4-5-6-7-11-16-20-18(19)15-14-17-12-9-8-10-13-17;1-4-7-8-9-10-11-14-16-15(12-5-2)13-6-3;1-2-3-7-12-16-14(15)11-10-13-8-5-4-6-9-13;1-2-3-11-15-13(14)10-9-12-7-5-4-6-8-12;1-4-8-12(9-5-2)10-6-7-11-13-3;1-4-7-8-11-12(9-5-2)10-6-3;1-4-7-8-9(5-2)6-3/h8-10,12-15H,2-7,11,16H2,1H3;5-6,15H,2-4,7-14H2,1H3;4-6,8-11H,2-3,7,12H2,1H3;4-10H,2-3,11H2,1H3;4-5H,1-2,6-11H2,3H3;5-6H,2-4,7-11H2,1H3;5-6,9H,2-4,7-8H2,1H3/b15-14+;;11-10+;10-9+;;;. The number of nitrogens with zero attached hydrogens (tertiary/aromatic N) is 2. The summed E-state index contributed by atoms with van der Waals surface area (Å²) >= 11 is 0. The van der Waals surface area contributed by atoms with E-state index in [4.69, 9.17) is 23.7 Å². The Bertz CT molecular complexity index is 2400. The number of carbonyl (C=O) groups excluding carboxylic acids is 3. The molecule has 0 fully saturated rings. The lowest BCUT2D eigenvalue weighted by atomic mass is 10.0. The lowest BCUT2D eigenvalue weighted by molar-refractivity contribution is -0.138. The normalized spacial score (nSPS) is 10.4. The Kier molecular flexibility index (Phi) is 85.0. The fraction of sp³-hybridized carbons (Fsp3) is 0.527. The van der Waals surface area contributed by atoms with Crippen LogP contribution in [0.1, 0.15) is 238 Å². The van der Waals surface area contributed by atoms with E-state index in [1.54, 1.807) is 25.3 Å². The maximum atomic E-state index is 11.5. The summed E-state index contributed by atoms with van der Waals surface area (Å²) in [5.41, 5.74) is 3.03. The second-order valence-corrected chi connectivity index (χ2v) is 24.6. The highest BCUT2D eigenvalue weighted by Gasteiger charge is 2.05. The Labute approximate surface area is 620 Å². The van der Waals surface area contributed by atoms with Gasteiger partial charge in [0.25, 0.3) is 0 Å². The van der Waals surface area contributed by atoms with Gasteiger partial charge < -0.3 is 23.7 Å². The summed E-state index contributed by atoms with van der Waals surface area (Å²) in [6.45, 7) is 52.4. The van der Waals surface area contributed by atoms with Gasteiger partial charge in [-0.2, -0.15) is 0 Å². The number of rotatable bonds is 55. The maximum absolute atomic E-state index is 11.5. The molecule has 0 bridgehead atoms. The van der Waals surface area contributed by atoms with Gasteiger partial charge >= 0.3 is 17.9 Å². The first-order valence-electron chi connectivity index (χ1n) is 38.5. The van der Waals surface area contributed by atoms with E-state index in [1.165, 1.54) is 140 Å². The minimum atomic E-state index is -0.271. The van der Waals surface area contributed by atoms with Crippen molar-refractivity contribution in [2.45, 2.75) is 227 Å². The van der Waals surface area contributed by atoms with Crippen LogP contribution >= 0.6 is 0 Å². The van der Waals surface area contributed by atoms with Crippen molar-refractivity contribution in [2.75, 3.05) is 79.4 Å². The molecule has 3 aromatic carbocycles. The van der Waals surface area contributed by atoms with E-state index in [-0.39, 0.29) is 17.9 Å². The van der Waals surface area contributed by atoms with Gasteiger partial charge in [0.05, 0.1) is 25.9 Å². The van der Waals surface area contributed by atoms with Gasteiger partial charge in [0.15, 0.2) is 0 Å². The minimum Gasteiger partial charge on any atom is -0.463 e. The molecule has 0 heterocycles. The molecule has 0 aromatic heterocycles. The molecule has 10 nitrogen and oxygen atoms in total. The van der Waals surface area contributed by atoms with Crippen molar-refractivity contribution in [2.24, 2.45) is 5.92 Å². The Morgan fingerprint density at radius 1 is 0.356 bits per heavy atom. The highest BCUT2D eigenvalue weighted by atomic mass is 16.5. The van der Waals surface area contributed by atoms with Crippen LogP contribution in [-0.4, -0.2) is 113 Å². The van der Waals surface area contributed by atoms with Gasteiger partial charge in [0.2, 0.25) is 0 Å². The van der Waals surface area contributed by atoms with Crippen LogP contribution in [0.4, 0.5) is 0 Å². The number of ether oxygens (including phenoxy) is 5. The molecule has 3 rings (SSSR count). The predicted molar refractivity (Wildman–Crippen MR) is 442 cm³/mol. The topological polar surface area (TPSA) is 104 Å². The van der Waals surface area contributed by atoms with Crippen LogP contribution in [0.25, 0.3) is 18.2 Å². The molecule has 0 atom stereocenters. The fourth-order valence-electron chi connectivity index (χ4n) is 9.32. The number of hydrogen-bond acceptors (Lipinski definition) is 10. The molecule has 0 spiro atoms. The lowest BCUT2D eigenvalue weighted by Crippen LogP contribution is -2.25. The fourth-order valence-corrected chi connectivity index (χ4v) is 9.32. The number of methoxy groups -OCH3 is 1. The van der Waals surface area contributed by atoms with Gasteiger partial charge in [0.1, 0.15) is 0 Å². The Hall–Kier alpha value is -6.95. The summed E-state index contributed by atoms with van der Waals surface area (Å²) in [6, 6.07) is 29.2. The van der Waals surface area contributed by atoms with Crippen LogP contribution in [0.2, 0.25) is 0 Å². The predicted octanol–water partition coefficient (Wildman–Crippen LogP) is 24.5. The van der Waals surface area contributed by atoms with Gasteiger partial charge in [-0.25, -0.2) is 14.4 Å². The van der Waals surface area contributed by atoms with E-state index < -0.39 is 0 Å². The summed E-state index contributed by atoms with van der Waals surface area (Å²) in [7, 11) is 1.74. The molecular formula is C91H146N2O8. The second-order valence-electron chi connectivity index (χ2n) is 24.6. The Morgan fingerprint density at radius 3 is 0.990 bits per heavy atom. The van der Waals surface area contributed by atoms with E-state index in [9.17, 15) is 14.4 Å². The number of hydrogen-bond donors (Lipinski definition) is 0. The zero-order chi connectivity index (χ0) is 75.4. The molecule has 0 radical (unpaired) electrons. The number of benzene rings is 3. The number of carbonyl (C=O) groups is 3. The van der Waals surface area contributed by atoms with Crippen molar-refractivity contribution in [1.82, 2.24) is 9.80 Å². The number of unbranched alkanes of at least 4 members (excludes halogenated alkanes) is 18. The van der Waals surface area contributed by atoms with Crippen LogP contribution in [0, 0.1) is 5.92 Å². The van der Waals surface area contributed by atoms with Crippen molar-refractivity contribution in [3.8, 4) is 0 Å². The highest BCUT2D eigenvalue weighted by Crippen LogP contribution is 2.12. The molecule has 0 unspecified atom stereocenters. The summed E-state index contributed by atoms with van der Waals surface area (Å²) in [6.07, 6.45) is 59.1. The Morgan fingerprint density at radius 2 is 0.653 bits per heavy atom. The SMILES string of the molecule is C=CC(C=C)CCCC.C=CCC(CC=C)OCCCCCCCC.C=CCN(CC=C)CCCCC.C=CCN(CC=C)CCCCOC.CCCCCCCCCOC(=O)/C=C/c1ccccc1.CCCCCOC(=O)/C=C/c1ccccc1.CCCCOC(=O)/C=C/c1ccccc1. The number of esters is 3. The third-order valence-electron chi connectivity index (χ3n) is 15.3. The first-order chi connectivity index (χ1) is 49.4. The van der Waals surface area contributed by atoms with Crippen LogP contribution in [0.5, 0.6) is 0 Å². The first-order valence-corrected chi connectivity index (χ1v) is 38.5. The molecule has 0 amide bonds. The summed E-state index contributed by atoms with van der Waals surface area (Å²) in [4.78, 5) is 38.6. The average Bonchev–Trinajstić information content (AvgIpc) is 3.14. The van der Waals surface area contributed by atoms with E-state index in [1.807, 2.05) is 140 Å². The summed E-state index contributed by atoms with van der Waals surface area (Å²) < 4.78 is 26.0. The molecule has 3 aromatic rings. The van der Waals surface area contributed by atoms with E-state index in [2.05, 4.69) is 104 Å². The Balaban J connectivity index is -0.000000549. The van der Waals surface area contributed by atoms with Gasteiger partial charge in [-0.05, 0) is 118 Å². The van der Waals surface area contributed by atoms with E-state index >= 15 is 0 Å². The summed E-state index contributed by atoms with van der Waals surface area (Å²) in [5.74, 6) is -0.253. The molecule has 0 aliphatic rings. The van der Waals surface area contributed by atoms with Crippen molar-refractivity contribution in [3.05, 3.63) is 227 Å². The van der Waals surface area contributed by atoms with Crippen molar-refractivity contribution >= 4 is 36.1 Å². The number of allylic oxidation sites excluding steroid dienone is 2. The molecule has 0 saturated carbocycles. The monoisotopic (exact) mass is 1400 g/mol.